The Balaban J connectivity index is 1.78. The quantitative estimate of drug-likeness (QED) is 0.580. The van der Waals surface area contributed by atoms with Crippen LogP contribution < -0.4 is 0 Å². The van der Waals surface area contributed by atoms with Crippen molar-refractivity contribution in [2.45, 2.75) is 32.6 Å². The van der Waals surface area contributed by atoms with Crippen molar-refractivity contribution >= 4 is 5.78 Å². The third-order valence-electron chi connectivity index (χ3n) is 6.63. The third kappa shape index (κ3) is 3.21. The number of allylic oxidation sites excluding steroid dienone is 2. The number of halogens is 1. The van der Waals surface area contributed by atoms with Crippen LogP contribution in [0.5, 0.6) is 0 Å². The highest BCUT2D eigenvalue weighted by atomic mass is 19.1. The van der Waals surface area contributed by atoms with Crippen LogP contribution in [0.3, 0.4) is 0 Å². The molecule has 0 N–H and O–H groups in total. The van der Waals surface area contributed by atoms with E-state index in [1.807, 2.05) is 26.0 Å². The van der Waals surface area contributed by atoms with E-state index in [-0.39, 0.29) is 34.9 Å². The minimum Gasteiger partial charge on any atom is -0.293 e. The van der Waals surface area contributed by atoms with Crippen LogP contribution in [-0.2, 0) is 11.2 Å². The van der Waals surface area contributed by atoms with Crippen molar-refractivity contribution in [3.05, 3.63) is 77.0 Å². The molecule has 0 aliphatic heterocycles. The zero-order valence-corrected chi connectivity index (χ0v) is 17.8. The Kier molecular flexibility index (Phi) is 4.90. The van der Waals surface area contributed by atoms with E-state index in [0.717, 1.165) is 28.9 Å². The number of pyridine rings is 1. The molecule has 0 spiro atoms. The summed E-state index contributed by atoms with van der Waals surface area (Å²) in [7, 11) is 0. The summed E-state index contributed by atoms with van der Waals surface area (Å²) in [6.07, 6.45) is 4.88. The Morgan fingerprint density at radius 1 is 1.16 bits per heavy atom. The molecule has 0 amide bonds. The molecule has 0 radical (unpaired) electrons. The molecule has 6 heteroatoms. The molecule has 3 atom stereocenters. The molecule has 3 unspecified atom stereocenters. The Morgan fingerprint density at radius 3 is 2.69 bits per heavy atom. The first-order valence-electron chi connectivity index (χ1n) is 10.7. The largest absolute Gasteiger partial charge is 0.293 e. The van der Waals surface area contributed by atoms with Gasteiger partial charge in [-0.1, -0.05) is 25.1 Å². The van der Waals surface area contributed by atoms with Crippen molar-refractivity contribution in [1.82, 2.24) is 15.0 Å². The van der Waals surface area contributed by atoms with Crippen molar-refractivity contribution in [2.24, 2.45) is 11.8 Å². The number of carbonyl (C=O) groups excluding carboxylic acids is 1. The van der Waals surface area contributed by atoms with E-state index in [1.165, 1.54) is 6.07 Å². The highest BCUT2D eigenvalue weighted by molar-refractivity contribution is 6.01. The van der Waals surface area contributed by atoms with E-state index in [0.29, 0.717) is 23.5 Å². The van der Waals surface area contributed by atoms with Crippen LogP contribution in [0, 0.1) is 35.9 Å². The Bertz CT molecular complexity index is 1310. The average molecular weight is 424 g/mol. The number of aryl methyl sites for hydroxylation is 1. The second-order valence-electron chi connectivity index (χ2n) is 8.50. The van der Waals surface area contributed by atoms with Crippen molar-refractivity contribution in [2.75, 3.05) is 0 Å². The molecular weight excluding hydrogens is 403 g/mol. The highest BCUT2D eigenvalue weighted by Crippen LogP contribution is 2.47. The van der Waals surface area contributed by atoms with Crippen LogP contribution in [0.15, 0.2) is 54.2 Å². The van der Waals surface area contributed by atoms with Gasteiger partial charge in [0.15, 0.2) is 11.6 Å². The lowest BCUT2D eigenvalue weighted by Gasteiger charge is -2.38. The predicted molar refractivity (Wildman–Crippen MR) is 118 cm³/mol. The van der Waals surface area contributed by atoms with Crippen LogP contribution in [-0.4, -0.2) is 20.7 Å². The molecule has 2 aromatic heterocycles. The molecule has 158 valence electrons. The number of fused-ring (bicyclic) bond motifs is 3. The molecule has 0 bridgehead atoms. The van der Waals surface area contributed by atoms with Crippen LogP contribution in [0.2, 0.25) is 0 Å². The second kappa shape index (κ2) is 7.76. The minimum absolute atomic E-state index is 0.0551. The molecular formula is C26H21FN4O. The lowest BCUT2D eigenvalue weighted by Crippen LogP contribution is -2.35. The number of aromatic nitrogens is 3. The molecule has 1 aromatic carbocycles. The SMILES string of the molecule is Cc1ccc(-c2nc(-c3ccccc3F)c3c(n2)C2C=C(C#N)C(=O)C(C)C2CC3)cn1. The van der Waals surface area contributed by atoms with Gasteiger partial charge in [0.05, 0.1) is 17.0 Å². The van der Waals surface area contributed by atoms with Gasteiger partial charge in [0.1, 0.15) is 11.9 Å². The molecule has 2 aliphatic carbocycles. The first kappa shape index (κ1) is 20.2. The maximum Gasteiger partial charge on any atom is 0.176 e. The van der Waals surface area contributed by atoms with Gasteiger partial charge < -0.3 is 0 Å². The highest BCUT2D eigenvalue weighted by Gasteiger charge is 2.42. The average Bonchev–Trinajstić information content (AvgIpc) is 2.81. The van der Waals surface area contributed by atoms with Gasteiger partial charge in [-0.3, -0.25) is 9.78 Å². The molecule has 3 aromatic rings. The van der Waals surface area contributed by atoms with Crippen molar-refractivity contribution in [3.8, 4) is 28.7 Å². The van der Waals surface area contributed by atoms with Crippen LogP contribution in [0.25, 0.3) is 22.6 Å². The van der Waals surface area contributed by atoms with Gasteiger partial charge in [-0.2, -0.15) is 5.26 Å². The smallest absolute Gasteiger partial charge is 0.176 e. The second-order valence-corrected chi connectivity index (χ2v) is 8.50. The maximum absolute atomic E-state index is 14.8. The number of nitrogens with zero attached hydrogens (tertiary/aromatic N) is 4. The molecule has 0 saturated carbocycles. The van der Waals surface area contributed by atoms with E-state index in [4.69, 9.17) is 9.97 Å². The summed E-state index contributed by atoms with van der Waals surface area (Å²) >= 11 is 0. The monoisotopic (exact) mass is 424 g/mol. The molecule has 5 nitrogen and oxygen atoms in total. The van der Waals surface area contributed by atoms with Crippen molar-refractivity contribution in [1.29, 1.82) is 5.26 Å². The van der Waals surface area contributed by atoms with Gasteiger partial charge in [0.2, 0.25) is 0 Å². The molecule has 32 heavy (non-hydrogen) atoms. The fourth-order valence-corrected chi connectivity index (χ4v) is 4.88. The lowest BCUT2D eigenvalue weighted by molar-refractivity contribution is -0.120. The van der Waals surface area contributed by atoms with Crippen LogP contribution in [0.4, 0.5) is 4.39 Å². The summed E-state index contributed by atoms with van der Waals surface area (Å²) in [5.41, 5.74) is 4.45. The predicted octanol–water partition coefficient (Wildman–Crippen LogP) is 4.97. The fourth-order valence-electron chi connectivity index (χ4n) is 4.88. The Morgan fingerprint density at radius 2 is 1.97 bits per heavy atom. The molecule has 2 aliphatic rings. The Labute approximate surface area is 185 Å². The number of rotatable bonds is 2. The molecule has 0 fully saturated rings. The normalized spacial score (nSPS) is 21.9. The van der Waals surface area contributed by atoms with Gasteiger partial charge in [-0.05, 0) is 49.9 Å². The van der Waals surface area contributed by atoms with Gasteiger partial charge >= 0.3 is 0 Å². The zero-order valence-electron chi connectivity index (χ0n) is 17.8. The first-order valence-corrected chi connectivity index (χ1v) is 10.7. The van der Waals surface area contributed by atoms with Gasteiger partial charge in [-0.25, -0.2) is 14.4 Å². The number of ketones is 1. The van der Waals surface area contributed by atoms with Gasteiger partial charge in [0, 0.05) is 40.4 Å². The topological polar surface area (TPSA) is 79.5 Å². The number of benzene rings is 1. The fraction of sp³-hybridized carbons (Fsp3) is 0.269. The van der Waals surface area contributed by atoms with Crippen molar-refractivity contribution in [3.63, 3.8) is 0 Å². The van der Waals surface area contributed by atoms with E-state index >= 15 is 0 Å². The van der Waals surface area contributed by atoms with Gasteiger partial charge in [0.25, 0.3) is 0 Å². The maximum atomic E-state index is 14.8. The molecule has 2 heterocycles. The molecule has 0 saturated heterocycles. The summed E-state index contributed by atoms with van der Waals surface area (Å²) in [5, 5.41) is 9.52. The van der Waals surface area contributed by atoms with Crippen molar-refractivity contribution < 1.29 is 9.18 Å². The Hall–Kier alpha value is -3.72. The number of hydrogen-bond donors (Lipinski definition) is 0. The van der Waals surface area contributed by atoms with Crippen LogP contribution >= 0.6 is 0 Å². The summed E-state index contributed by atoms with van der Waals surface area (Å²) in [4.78, 5) is 26.6. The standard InChI is InChI=1S/C26H21FN4O/c1-14-7-8-16(13-29-14)26-30-23(19-5-3-4-6-22(19)27)20-10-9-18-15(2)25(32)17(12-28)11-21(18)24(20)31-26/h3-8,11,13,15,18,21H,9-10H2,1-2H3. The lowest BCUT2D eigenvalue weighted by atomic mass is 9.66. The van der Waals surface area contributed by atoms with E-state index in [9.17, 15) is 14.4 Å². The zero-order chi connectivity index (χ0) is 22.4. The number of hydrogen-bond acceptors (Lipinski definition) is 5. The number of Topliss-reactive ketones (excluding diaryl/α,β-unsaturated/α-hetero) is 1. The third-order valence-corrected chi connectivity index (χ3v) is 6.63. The van der Waals surface area contributed by atoms with Gasteiger partial charge in [-0.15, -0.1) is 0 Å². The van der Waals surface area contributed by atoms with E-state index in [1.54, 1.807) is 30.5 Å². The number of nitriles is 1. The van der Waals surface area contributed by atoms with E-state index in [2.05, 4.69) is 11.1 Å². The number of carbonyl (C=O) groups is 1. The summed E-state index contributed by atoms with van der Waals surface area (Å²) in [5.74, 6) is -0.380. The minimum atomic E-state index is -0.344. The molecule has 5 rings (SSSR count). The summed E-state index contributed by atoms with van der Waals surface area (Å²) in [6.45, 7) is 3.79. The van der Waals surface area contributed by atoms with Crippen LogP contribution in [0.1, 0.15) is 36.2 Å². The summed E-state index contributed by atoms with van der Waals surface area (Å²) in [6, 6.07) is 12.4. The van der Waals surface area contributed by atoms with E-state index < -0.39 is 0 Å². The first-order chi connectivity index (χ1) is 15.5. The summed E-state index contributed by atoms with van der Waals surface area (Å²) < 4.78 is 14.8.